The van der Waals surface area contributed by atoms with Gasteiger partial charge in [-0.1, -0.05) is 23.7 Å². The molecule has 36 heavy (non-hydrogen) atoms. The quantitative estimate of drug-likeness (QED) is 0.295. The first kappa shape index (κ1) is 26.2. The molecule has 1 saturated carbocycles. The van der Waals surface area contributed by atoms with Crippen molar-refractivity contribution in [1.82, 2.24) is 9.97 Å². The topological polar surface area (TPSA) is 178 Å². The summed E-state index contributed by atoms with van der Waals surface area (Å²) in [4.78, 5) is 21.3. The summed E-state index contributed by atoms with van der Waals surface area (Å²) in [6.07, 6.45) is 3.72. The Hall–Kier alpha value is -2.87. The van der Waals surface area contributed by atoms with Gasteiger partial charge in [0.05, 0.1) is 24.5 Å². The van der Waals surface area contributed by atoms with E-state index >= 15 is 0 Å². The molecule has 5 N–H and O–H groups in total. The Balaban J connectivity index is 1.50. The number of nitrogens with zero attached hydrogens (tertiary/aromatic N) is 2. The van der Waals surface area contributed by atoms with Gasteiger partial charge in [0.1, 0.15) is 17.7 Å². The number of ketones is 1. The molecule has 1 fully saturated rings. The first-order chi connectivity index (χ1) is 16.9. The summed E-state index contributed by atoms with van der Waals surface area (Å²) in [6, 6.07) is 7.87. The second kappa shape index (κ2) is 10.2. The highest BCUT2D eigenvalue weighted by Crippen LogP contribution is 2.33. The Morgan fingerprint density at radius 3 is 2.83 bits per heavy atom. The number of nitrogens with one attached hydrogen (secondary N) is 1. The number of hydrogen-bond donors (Lipinski definition) is 4. The van der Waals surface area contributed by atoms with Gasteiger partial charge >= 0.3 is 10.3 Å². The highest BCUT2D eigenvalue weighted by Gasteiger charge is 2.35. The van der Waals surface area contributed by atoms with Crippen molar-refractivity contribution in [3.8, 4) is 0 Å². The maximum Gasteiger partial charge on any atom is 0.333 e. The Morgan fingerprint density at radius 2 is 2.11 bits per heavy atom. The van der Waals surface area contributed by atoms with Crippen molar-refractivity contribution in [1.29, 1.82) is 0 Å². The third-order valence-corrected chi connectivity index (χ3v) is 6.87. The van der Waals surface area contributed by atoms with Crippen LogP contribution in [-0.4, -0.2) is 53.1 Å². The largest absolute Gasteiger partial charge is 0.460 e. The van der Waals surface area contributed by atoms with E-state index in [1.165, 1.54) is 24.9 Å². The Bertz CT molecular complexity index is 1360. The molecule has 0 spiro atoms. The number of carbonyl (C=O) groups is 1. The molecule has 11 nitrogen and oxygen atoms in total. The van der Waals surface area contributed by atoms with Gasteiger partial charge in [0, 0.05) is 28.7 Å². The summed E-state index contributed by atoms with van der Waals surface area (Å²) in [5.74, 6) is -0.794. The summed E-state index contributed by atoms with van der Waals surface area (Å²) in [5, 5.41) is 29.8. The Morgan fingerprint density at radius 1 is 1.33 bits per heavy atom. The summed E-state index contributed by atoms with van der Waals surface area (Å²) < 4.78 is 32.2. The number of hydrogen-bond acceptors (Lipinski definition) is 10. The van der Waals surface area contributed by atoms with Crippen LogP contribution in [-0.2, 0) is 20.1 Å². The lowest BCUT2D eigenvalue weighted by Gasteiger charge is -2.22. The minimum atomic E-state index is -4.12. The van der Waals surface area contributed by atoms with E-state index in [2.05, 4.69) is 19.5 Å². The van der Waals surface area contributed by atoms with E-state index in [-0.39, 0.29) is 36.2 Å². The lowest BCUT2D eigenvalue weighted by Crippen LogP contribution is -2.24. The van der Waals surface area contributed by atoms with Crippen LogP contribution in [0.3, 0.4) is 0 Å². The fourth-order valence-corrected chi connectivity index (χ4v) is 4.74. The SMILES string of the molecule is C[C@](O)(c1cccc(Cl)c1)c1coc(C(=O)c2cncnc2N[C@@H]2C[C@H](COS(N)(=O)=O)[C@@H](O)C2)c1. The second-order valence-electron chi connectivity index (χ2n) is 8.81. The Labute approximate surface area is 212 Å². The van der Waals surface area contributed by atoms with E-state index < -0.39 is 33.7 Å². The van der Waals surface area contributed by atoms with Crippen molar-refractivity contribution in [3.63, 3.8) is 0 Å². The van der Waals surface area contributed by atoms with Crippen molar-refractivity contribution in [2.75, 3.05) is 11.9 Å². The number of furan rings is 1. The van der Waals surface area contributed by atoms with Crippen molar-refractivity contribution in [2.45, 2.75) is 37.5 Å². The fraction of sp³-hybridized carbons (Fsp3) is 0.348. The molecule has 0 saturated heterocycles. The molecule has 4 rings (SSSR count). The number of aliphatic hydroxyl groups is 2. The first-order valence-corrected chi connectivity index (χ1v) is 12.8. The monoisotopic (exact) mass is 536 g/mol. The lowest BCUT2D eigenvalue weighted by molar-refractivity contribution is 0.100. The third kappa shape index (κ3) is 5.91. The van der Waals surface area contributed by atoms with Crippen LogP contribution in [0.25, 0.3) is 0 Å². The number of benzene rings is 1. The van der Waals surface area contributed by atoms with Crippen LogP contribution >= 0.6 is 11.6 Å². The molecule has 0 aliphatic heterocycles. The van der Waals surface area contributed by atoms with Gasteiger partial charge in [-0.05, 0) is 43.5 Å². The molecular weight excluding hydrogens is 512 g/mol. The molecule has 1 aromatic carbocycles. The van der Waals surface area contributed by atoms with Crippen LogP contribution in [0.2, 0.25) is 5.02 Å². The van der Waals surface area contributed by atoms with Crippen molar-refractivity contribution in [3.05, 3.63) is 76.6 Å². The molecule has 4 atom stereocenters. The van der Waals surface area contributed by atoms with Crippen molar-refractivity contribution < 1.29 is 32.0 Å². The molecule has 1 aliphatic carbocycles. The smallest absolute Gasteiger partial charge is 0.333 e. The lowest BCUT2D eigenvalue weighted by atomic mass is 9.90. The molecule has 0 amide bonds. The van der Waals surface area contributed by atoms with Crippen LogP contribution in [0.15, 0.2) is 53.5 Å². The first-order valence-electron chi connectivity index (χ1n) is 11.0. The average molecular weight is 537 g/mol. The standard InChI is InChI=1S/C23H25ClN4O7S/c1-23(31,14-3-2-4-16(24)6-14)15-7-20(34-11-15)21(30)18-9-26-12-27-22(18)28-17-5-13(19(29)8-17)10-35-36(25,32)33/h2-4,6-7,9,11-13,17,19,29,31H,5,8,10H2,1H3,(H2,25,32,33)(H,26,27,28)/t13-,17-,19+,23+/m1/s1. The second-order valence-corrected chi connectivity index (χ2v) is 10.5. The molecule has 2 aromatic heterocycles. The number of rotatable bonds is 9. The third-order valence-electron chi connectivity index (χ3n) is 6.17. The van der Waals surface area contributed by atoms with Crippen molar-refractivity contribution >= 4 is 33.5 Å². The molecule has 0 bridgehead atoms. The number of anilines is 1. The number of nitrogens with two attached hydrogens (primary N) is 1. The normalized spacial score (nSPS) is 21.8. The highest BCUT2D eigenvalue weighted by atomic mass is 35.5. The van der Waals surface area contributed by atoms with Crippen LogP contribution in [0, 0.1) is 5.92 Å². The molecule has 1 aliphatic rings. The molecule has 13 heteroatoms. The highest BCUT2D eigenvalue weighted by molar-refractivity contribution is 7.84. The van der Waals surface area contributed by atoms with Gasteiger partial charge in [0.25, 0.3) is 0 Å². The zero-order valence-electron chi connectivity index (χ0n) is 19.2. The summed E-state index contributed by atoms with van der Waals surface area (Å²) in [6.45, 7) is 1.31. The summed E-state index contributed by atoms with van der Waals surface area (Å²) >= 11 is 6.05. The summed E-state index contributed by atoms with van der Waals surface area (Å²) in [5.41, 5.74) is -0.452. The van der Waals surface area contributed by atoms with E-state index in [1.807, 2.05) is 0 Å². The number of aliphatic hydroxyl groups excluding tert-OH is 1. The predicted molar refractivity (Wildman–Crippen MR) is 129 cm³/mol. The number of halogens is 1. The van der Waals surface area contributed by atoms with E-state index in [1.54, 1.807) is 31.2 Å². The fourth-order valence-electron chi connectivity index (χ4n) is 4.19. The van der Waals surface area contributed by atoms with Gasteiger partial charge in [0.2, 0.25) is 5.78 Å². The minimum Gasteiger partial charge on any atom is -0.460 e. The molecule has 0 unspecified atom stereocenters. The van der Waals surface area contributed by atoms with Gasteiger partial charge in [-0.15, -0.1) is 0 Å². The number of aromatic nitrogens is 2. The molecular formula is C23H25ClN4O7S. The molecule has 192 valence electrons. The van der Waals surface area contributed by atoms with E-state index in [9.17, 15) is 23.4 Å². The zero-order chi connectivity index (χ0) is 26.1. The van der Waals surface area contributed by atoms with E-state index in [0.717, 1.165) is 0 Å². The maximum atomic E-state index is 13.2. The Kier molecular flexibility index (Phi) is 7.46. The van der Waals surface area contributed by atoms with Gasteiger partial charge in [0.15, 0.2) is 5.76 Å². The predicted octanol–water partition coefficient (Wildman–Crippen LogP) is 1.98. The van der Waals surface area contributed by atoms with Crippen molar-refractivity contribution in [2.24, 2.45) is 11.1 Å². The number of carbonyl (C=O) groups excluding carboxylic acids is 1. The van der Waals surface area contributed by atoms with Gasteiger partial charge in [-0.2, -0.15) is 8.42 Å². The van der Waals surface area contributed by atoms with E-state index in [4.69, 9.17) is 21.2 Å². The average Bonchev–Trinajstić information content (AvgIpc) is 3.44. The van der Waals surface area contributed by atoms with Crippen LogP contribution < -0.4 is 10.5 Å². The van der Waals surface area contributed by atoms with Gasteiger partial charge in [-0.25, -0.2) is 15.1 Å². The minimum absolute atomic E-state index is 0.0314. The van der Waals surface area contributed by atoms with Crippen LogP contribution in [0.1, 0.15) is 47.0 Å². The zero-order valence-corrected chi connectivity index (χ0v) is 20.7. The molecule has 3 aromatic rings. The summed E-state index contributed by atoms with van der Waals surface area (Å²) in [7, 11) is -4.12. The molecule has 2 heterocycles. The van der Waals surface area contributed by atoms with Crippen LogP contribution in [0.5, 0.6) is 0 Å². The molecule has 0 radical (unpaired) electrons. The van der Waals surface area contributed by atoms with E-state index in [0.29, 0.717) is 22.6 Å². The van der Waals surface area contributed by atoms with Crippen LogP contribution in [0.4, 0.5) is 5.82 Å². The van der Waals surface area contributed by atoms with Gasteiger partial charge < -0.3 is 19.9 Å². The maximum absolute atomic E-state index is 13.2. The van der Waals surface area contributed by atoms with Gasteiger partial charge in [-0.3, -0.25) is 8.98 Å².